The third-order valence-corrected chi connectivity index (χ3v) is 4.38. The number of nitrogens with one attached hydrogen (secondary N) is 2. The molecule has 2 N–H and O–H groups in total. The summed E-state index contributed by atoms with van der Waals surface area (Å²) in [5.41, 5.74) is 6.99. The lowest BCUT2D eigenvalue weighted by Gasteiger charge is -2.13. The van der Waals surface area contributed by atoms with Crippen LogP contribution in [0.4, 0.5) is 11.6 Å². The third-order valence-electron chi connectivity index (χ3n) is 4.38. The lowest BCUT2D eigenvalue weighted by Crippen LogP contribution is -2.24. The standard InChI is InChI=1S/C22H24N4O/c1-14-5-7-18(8-6-14)13-24-21(27)19-9-10-23-22(25-19)26-20-16(3)11-15(2)12-17(20)4/h5-12H,13H2,1-4H3,(H,24,27)(H,23,25,26). The monoisotopic (exact) mass is 360 g/mol. The number of anilines is 2. The number of carbonyl (C=O) groups excluding carboxylic acids is 1. The highest BCUT2D eigenvalue weighted by Gasteiger charge is 2.11. The van der Waals surface area contributed by atoms with Gasteiger partial charge in [-0.1, -0.05) is 47.5 Å². The van der Waals surface area contributed by atoms with Crippen molar-refractivity contribution in [2.75, 3.05) is 5.32 Å². The van der Waals surface area contributed by atoms with Crippen LogP contribution in [0.25, 0.3) is 0 Å². The summed E-state index contributed by atoms with van der Waals surface area (Å²) in [7, 11) is 0. The van der Waals surface area contributed by atoms with E-state index < -0.39 is 0 Å². The van der Waals surface area contributed by atoms with E-state index in [2.05, 4.69) is 39.7 Å². The van der Waals surface area contributed by atoms with Crippen molar-refractivity contribution in [3.63, 3.8) is 0 Å². The SMILES string of the molecule is Cc1ccc(CNC(=O)c2ccnc(Nc3c(C)cc(C)cc3C)n2)cc1. The molecule has 0 spiro atoms. The van der Waals surface area contributed by atoms with Gasteiger partial charge >= 0.3 is 0 Å². The third kappa shape index (κ3) is 4.70. The first-order valence-electron chi connectivity index (χ1n) is 8.94. The van der Waals surface area contributed by atoms with Crippen molar-refractivity contribution in [3.05, 3.63) is 82.2 Å². The second kappa shape index (κ2) is 7.99. The van der Waals surface area contributed by atoms with E-state index in [1.165, 1.54) is 11.1 Å². The molecule has 138 valence electrons. The summed E-state index contributed by atoms with van der Waals surface area (Å²) in [4.78, 5) is 21.1. The molecule has 1 heterocycles. The molecule has 0 aliphatic rings. The van der Waals surface area contributed by atoms with Gasteiger partial charge in [-0.15, -0.1) is 0 Å². The molecule has 3 rings (SSSR count). The largest absolute Gasteiger partial charge is 0.347 e. The average molecular weight is 360 g/mol. The topological polar surface area (TPSA) is 66.9 Å². The fourth-order valence-corrected chi connectivity index (χ4v) is 3.01. The number of hydrogen-bond donors (Lipinski definition) is 2. The van der Waals surface area contributed by atoms with Crippen LogP contribution in [0.5, 0.6) is 0 Å². The van der Waals surface area contributed by atoms with E-state index in [9.17, 15) is 4.79 Å². The Kier molecular flexibility index (Phi) is 5.50. The molecule has 0 fully saturated rings. The van der Waals surface area contributed by atoms with Crippen molar-refractivity contribution in [1.82, 2.24) is 15.3 Å². The first-order valence-corrected chi connectivity index (χ1v) is 8.94. The van der Waals surface area contributed by atoms with Gasteiger partial charge in [-0.25, -0.2) is 9.97 Å². The van der Waals surface area contributed by atoms with Gasteiger partial charge in [0.1, 0.15) is 5.69 Å². The minimum atomic E-state index is -0.224. The number of hydrogen-bond acceptors (Lipinski definition) is 4. The summed E-state index contributed by atoms with van der Waals surface area (Å²) >= 11 is 0. The number of carbonyl (C=O) groups is 1. The van der Waals surface area contributed by atoms with E-state index in [4.69, 9.17) is 0 Å². The summed E-state index contributed by atoms with van der Waals surface area (Å²) in [6.45, 7) is 8.65. The maximum absolute atomic E-state index is 12.4. The van der Waals surface area contributed by atoms with Gasteiger partial charge in [0.25, 0.3) is 5.91 Å². The number of benzene rings is 2. The summed E-state index contributed by atoms with van der Waals surface area (Å²) in [5, 5.41) is 6.14. The van der Waals surface area contributed by atoms with E-state index in [-0.39, 0.29) is 5.91 Å². The summed E-state index contributed by atoms with van der Waals surface area (Å²) < 4.78 is 0. The predicted octanol–water partition coefficient (Wildman–Crippen LogP) is 4.38. The van der Waals surface area contributed by atoms with Gasteiger partial charge in [0, 0.05) is 18.4 Å². The molecule has 0 radical (unpaired) electrons. The van der Waals surface area contributed by atoms with Crippen LogP contribution in [0.1, 0.15) is 38.3 Å². The Labute approximate surface area is 159 Å². The van der Waals surface area contributed by atoms with E-state index in [0.29, 0.717) is 18.2 Å². The van der Waals surface area contributed by atoms with Crippen molar-refractivity contribution >= 4 is 17.5 Å². The molecule has 0 aliphatic heterocycles. The Morgan fingerprint density at radius 2 is 1.59 bits per heavy atom. The average Bonchev–Trinajstić information content (AvgIpc) is 2.64. The molecule has 0 saturated heterocycles. The number of aryl methyl sites for hydroxylation is 4. The molecule has 27 heavy (non-hydrogen) atoms. The minimum absolute atomic E-state index is 0.224. The molecule has 5 nitrogen and oxygen atoms in total. The van der Waals surface area contributed by atoms with Crippen LogP contribution in [0.15, 0.2) is 48.7 Å². The predicted molar refractivity (Wildman–Crippen MR) is 108 cm³/mol. The minimum Gasteiger partial charge on any atom is -0.347 e. The molecular weight excluding hydrogens is 336 g/mol. The lowest BCUT2D eigenvalue weighted by molar-refractivity contribution is 0.0946. The smallest absolute Gasteiger partial charge is 0.270 e. The Morgan fingerprint density at radius 3 is 2.26 bits per heavy atom. The highest BCUT2D eigenvalue weighted by atomic mass is 16.1. The maximum Gasteiger partial charge on any atom is 0.270 e. The second-order valence-corrected chi connectivity index (χ2v) is 6.83. The Bertz CT molecular complexity index is 941. The molecular formula is C22H24N4O. The molecule has 2 aromatic carbocycles. The van der Waals surface area contributed by atoms with Gasteiger partial charge in [-0.3, -0.25) is 4.79 Å². The molecule has 3 aromatic rings. The van der Waals surface area contributed by atoms with Gasteiger partial charge in [0.05, 0.1) is 0 Å². The molecule has 1 aromatic heterocycles. The summed E-state index contributed by atoms with van der Waals surface area (Å²) in [6, 6.07) is 13.9. The molecule has 0 saturated carbocycles. The molecule has 0 atom stereocenters. The number of amides is 1. The van der Waals surface area contributed by atoms with Crippen molar-refractivity contribution in [2.24, 2.45) is 0 Å². The fraction of sp³-hybridized carbons (Fsp3) is 0.227. The van der Waals surface area contributed by atoms with E-state index in [0.717, 1.165) is 22.4 Å². The summed E-state index contributed by atoms with van der Waals surface area (Å²) in [5.74, 6) is 0.186. The van der Waals surface area contributed by atoms with Crippen molar-refractivity contribution in [1.29, 1.82) is 0 Å². The van der Waals surface area contributed by atoms with Gasteiger partial charge in [-0.2, -0.15) is 0 Å². The first kappa shape index (κ1) is 18.6. The number of rotatable bonds is 5. The zero-order valence-corrected chi connectivity index (χ0v) is 16.1. The highest BCUT2D eigenvalue weighted by molar-refractivity contribution is 5.92. The van der Waals surface area contributed by atoms with E-state index >= 15 is 0 Å². The van der Waals surface area contributed by atoms with Crippen molar-refractivity contribution in [3.8, 4) is 0 Å². The zero-order valence-electron chi connectivity index (χ0n) is 16.1. The van der Waals surface area contributed by atoms with Gasteiger partial charge in [0.2, 0.25) is 5.95 Å². The first-order chi connectivity index (χ1) is 12.9. The lowest BCUT2D eigenvalue weighted by atomic mass is 10.1. The van der Waals surface area contributed by atoms with Crippen LogP contribution < -0.4 is 10.6 Å². The highest BCUT2D eigenvalue weighted by Crippen LogP contribution is 2.24. The maximum atomic E-state index is 12.4. The van der Waals surface area contributed by atoms with Crippen LogP contribution in [-0.4, -0.2) is 15.9 Å². The molecule has 1 amide bonds. The number of nitrogens with zero attached hydrogens (tertiary/aromatic N) is 2. The molecule has 5 heteroatoms. The van der Waals surface area contributed by atoms with Crippen LogP contribution in [0.3, 0.4) is 0 Å². The van der Waals surface area contributed by atoms with Gasteiger partial charge in [-0.05, 0) is 50.5 Å². The second-order valence-electron chi connectivity index (χ2n) is 6.83. The Hall–Kier alpha value is -3.21. The number of aromatic nitrogens is 2. The molecule has 0 aliphatic carbocycles. The van der Waals surface area contributed by atoms with E-state index in [1.54, 1.807) is 12.3 Å². The Balaban J connectivity index is 1.71. The van der Waals surface area contributed by atoms with Crippen molar-refractivity contribution < 1.29 is 4.79 Å². The zero-order chi connectivity index (χ0) is 19.4. The van der Waals surface area contributed by atoms with Crippen LogP contribution in [-0.2, 0) is 6.54 Å². The Morgan fingerprint density at radius 1 is 0.926 bits per heavy atom. The summed E-state index contributed by atoms with van der Waals surface area (Å²) in [6.07, 6.45) is 1.59. The molecule has 0 bridgehead atoms. The van der Waals surface area contributed by atoms with Gasteiger partial charge < -0.3 is 10.6 Å². The van der Waals surface area contributed by atoms with Crippen LogP contribution in [0.2, 0.25) is 0 Å². The van der Waals surface area contributed by atoms with Crippen LogP contribution in [0, 0.1) is 27.7 Å². The fourth-order valence-electron chi connectivity index (χ4n) is 3.01. The van der Waals surface area contributed by atoms with Crippen molar-refractivity contribution in [2.45, 2.75) is 34.2 Å². The quantitative estimate of drug-likeness (QED) is 0.708. The van der Waals surface area contributed by atoms with Gasteiger partial charge in [0.15, 0.2) is 0 Å². The van der Waals surface area contributed by atoms with Crippen LogP contribution >= 0.6 is 0 Å². The normalized spacial score (nSPS) is 10.5. The molecule has 0 unspecified atom stereocenters. The van der Waals surface area contributed by atoms with E-state index in [1.807, 2.05) is 45.0 Å².